The minimum Gasteiger partial charge on any atom is -0.396 e. The highest BCUT2D eigenvalue weighted by Gasteiger charge is 2.13. The first-order chi connectivity index (χ1) is 9.19. The second-order valence-electron chi connectivity index (χ2n) is 4.48. The van der Waals surface area contributed by atoms with Gasteiger partial charge in [-0.2, -0.15) is 0 Å². The highest BCUT2D eigenvalue weighted by atomic mass is 32.2. The van der Waals surface area contributed by atoms with Gasteiger partial charge in [0, 0.05) is 29.4 Å². The molecule has 0 fully saturated rings. The maximum Gasteiger partial charge on any atom is 0.227 e. The molecule has 2 N–H and O–H groups in total. The van der Waals surface area contributed by atoms with Gasteiger partial charge in [0.25, 0.3) is 0 Å². The Hall–Kier alpha value is -1.07. The van der Waals surface area contributed by atoms with Crippen molar-refractivity contribution in [1.82, 2.24) is 4.98 Å². The van der Waals surface area contributed by atoms with E-state index >= 15 is 0 Å². The monoisotopic (exact) mass is 282 g/mol. The van der Waals surface area contributed by atoms with E-state index in [9.17, 15) is 4.79 Å². The standard InChI is InChI=1S/C14H22N2O2S/c1-3-5-11(2)14(18)16-12-10-15-7-6-13(12)19-9-4-8-17/h6-7,10-11,17H,3-5,8-9H2,1-2H3,(H,16,18). The number of pyridine rings is 1. The van der Waals surface area contributed by atoms with Gasteiger partial charge in [0.15, 0.2) is 0 Å². The molecule has 0 aliphatic rings. The molecule has 1 aromatic heterocycles. The van der Waals surface area contributed by atoms with Gasteiger partial charge in [-0.25, -0.2) is 0 Å². The summed E-state index contributed by atoms with van der Waals surface area (Å²) in [5, 5.41) is 11.7. The molecule has 0 aromatic carbocycles. The van der Waals surface area contributed by atoms with Gasteiger partial charge < -0.3 is 10.4 Å². The predicted molar refractivity (Wildman–Crippen MR) is 79.4 cm³/mol. The molecule has 1 atom stereocenters. The minimum atomic E-state index is 0.0143. The van der Waals surface area contributed by atoms with Crippen molar-refractivity contribution in [3.8, 4) is 0 Å². The maximum atomic E-state index is 12.0. The molecule has 0 radical (unpaired) electrons. The third-order valence-electron chi connectivity index (χ3n) is 2.77. The van der Waals surface area contributed by atoms with Crippen LogP contribution in [-0.2, 0) is 4.79 Å². The van der Waals surface area contributed by atoms with Gasteiger partial charge in [0.2, 0.25) is 5.91 Å². The Balaban J connectivity index is 2.63. The quantitative estimate of drug-likeness (QED) is 0.568. The molecule has 1 rings (SSSR count). The Morgan fingerprint density at radius 3 is 3.05 bits per heavy atom. The van der Waals surface area contributed by atoms with Crippen LogP contribution in [0.15, 0.2) is 23.4 Å². The fourth-order valence-electron chi connectivity index (χ4n) is 1.67. The van der Waals surface area contributed by atoms with Crippen molar-refractivity contribution in [3.05, 3.63) is 18.5 Å². The number of nitrogens with zero attached hydrogens (tertiary/aromatic N) is 1. The van der Waals surface area contributed by atoms with E-state index < -0.39 is 0 Å². The summed E-state index contributed by atoms with van der Waals surface area (Å²) in [5.74, 6) is 0.882. The summed E-state index contributed by atoms with van der Waals surface area (Å²) >= 11 is 1.62. The Morgan fingerprint density at radius 1 is 1.58 bits per heavy atom. The molecule has 5 heteroatoms. The number of carbonyl (C=O) groups excluding carboxylic acids is 1. The normalized spacial score (nSPS) is 12.2. The number of aliphatic hydroxyl groups excluding tert-OH is 1. The van der Waals surface area contributed by atoms with Gasteiger partial charge in [-0.1, -0.05) is 20.3 Å². The molecule has 0 spiro atoms. The van der Waals surface area contributed by atoms with Crippen LogP contribution < -0.4 is 5.32 Å². The summed E-state index contributed by atoms with van der Waals surface area (Å²) in [4.78, 5) is 17.1. The first-order valence-corrected chi connectivity index (χ1v) is 7.66. The van der Waals surface area contributed by atoms with E-state index in [1.54, 1.807) is 24.2 Å². The van der Waals surface area contributed by atoms with Crippen molar-refractivity contribution in [2.45, 2.75) is 38.0 Å². The van der Waals surface area contributed by atoms with Crippen LogP contribution in [0.5, 0.6) is 0 Å². The van der Waals surface area contributed by atoms with Gasteiger partial charge >= 0.3 is 0 Å². The first-order valence-electron chi connectivity index (χ1n) is 6.67. The van der Waals surface area contributed by atoms with E-state index in [-0.39, 0.29) is 18.4 Å². The van der Waals surface area contributed by atoms with E-state index in [1.807, 2.05) is 13.0 Å². The van der Waals surface area contributed by atoms with Crippen LogP contribution >= 0.6 is 11.8 Å². The first kappa shape index (κ1) is 16.0. The predicted octanol–water partition coefficient (Wildman–Crippen LogP) is 2.93. The molecule has 0 saturated carbocycles. The number of rotatable bonds is 8. The van der Waals surface area contributed by atoms with Crippen LogP contribution in [0.3, 0.4) is 0 Å². The number of carbonyl (C=O) groups is 1. The zero-order valence-electron chi connectivity index (χ0n) is 11.6. The number of hydrogen-bond acceptors (Lipinski definition) is 4. The van der Waals surface area contributed by atoms with Crippen molar-refractivity contribution < 1.29 is 9.90 Å². The summed E-state index contributed by atoms with van der Waals surface area (Å²) in [5.41, 5.74) is 0.762. The molecule has 19 heavy (non-hydrogen) atoms. The van der Waals surface area contributed by atoms with E-state index in [2.05, 4.69) is 17.2 Å². The molecular formula is C14H22N2O2S. The lowest BCUT2D eigenvalue weighted by Crippen LogP contribution is -2.20. The van der Waals surface area contributed by atoms with Gasteiger partial charge in [-0.05, 0) is 18.9 Å². The van der Waals surface area contributed by atoms with Gasteiger partial charge in [0.05, 0.1) is 11.9 Å². The summed E-state index contributed by atoms with van der Waals surface area (Å²) in [7, 11) is 0. The van der Waals surface area contributed by atoms with Crippen LogP contribution in [0.4, 0.5) is 5.69 Å². The summed E-state index contributed by atoms with van der Waals surface area (Å²) in [6.07, 6.45) is 6.02. The molecule has 0 bridgehead atoms. The maximum absolute atomic E-state index is 12.0. The average Bonchev–Trinajstić information content (AvgIpc) is 2.41. The molecule has 0 saturated heterocycles. The van der Waals surface area contributed by atoms with E-state index in [0.29, 0.717) is 0 Å². The SMILES string of the molecule is CCCC(C)C(=O)Nc1cnccc1SCCCO. The number of nitrogens with one attached hydrogen (secondary N) is 1. The Morgan fingerprint density at radius 2 is 2.37 bits per heavy atom. The Kier molecular flexibility index (Phi) is 7.52. The molecule has 1 unspecified atom stereocenters. The molecule has 0 aliphatic carbocycles. The summed E-state index contributed by atoms with van der Waals surface area (Å²) in [6, 6.07) is 1.89. The van der Waals surface area contributed by atoms with Crippen LogP contribution in [0.25, 0.3) is 0 Å². The van der Waals surface area contributed by atoms with Gasteiger partial charge in [0.1, 0.15) is 0 Å². The van der Waals surface area contributed by atoms with Crippen molar-refractivity contribution in [1.29, 1.82) is 0 Å². The van der Waals surface area contributed by atoms with Crippen LogP contribution in [0, 0.1) is 5.92 Å². The summed E-state index contributed by atoms with van der Waals surface area (Å²) in [6.45, 7) is 4.20. The number of aliphatic hydroxyl groups is 1. The third-order valence-corrected chi connectivity index (χ3v) is 3.93. The second kappa shape index (κ2) is 8.93. The van der Waals surface area contributed by atoms with Crippen LogP contribution in [0.2, 0.25) is 0 Å². The minimum absolute atomic E-state index is 0.0143. The molecular weight excluding hydrogens is 260 g/mol. The highest BCUT2D eigenvalue weighted by Crippen LogP contribution is 2.27. The summed E-state index contributed by atoms with van der Waals surface area (Å²) < 4.78 is 0. The van der Waals surface area contributed by atoms with Crippen LogP contribution in [0.1, 0.15) is 33.1 Å². The lowest BCUT2D eigenvalue weighted by Gasteiger charge is -2.13. The Labute approximate surface area is 119 Å². The number of hydrogen-bond donors (Lipinski definition) is 2. The van der Waals surface area contributed by atoms with Crippen molar-refractivity contribution >= 4 is 23.4 Å². The lowest BCUT2D eigenvalue weighted by atomic mass is 10.1. The second-order valence-corrected chi connectivity index (χ2v) is 5.61. The topological polar surface area (TPSA) is 62.2 Å². The molecule has 1 aromatic rings. The fourth-order valence-corrected chi connectivity index (χ4v) is 2.58. The third kappa shape index (κ3) is 5.61. The zero-order chi connectivity index (χ0) is 14.1. The number of thioether (sulfide) groups is 1. The smallest absolute Gasteiger partial charge is 0.227 e. The van der Waals surface area contributed by atoms with E-state index in [0.717, 1.165) is 35.6 Å². The molecule has 106 valence electrons. The molecule has 1 amide bonds. The van der Waals surface area contributed by atoms with Crippen molar-refractivity contribution in [2.75, 3.05) is 17.7 Å². The van der Waals surface area contributed by atoms with Crippen molar-refractivity contribution in [3.63, 3.8) is 0 Å². The number of anilines is 1. The molecule has 0 aliphatic heterocycles. The fraction of sp³-hybridized carbons (Fsp3) is 0.571. The largest absolute Gasteiger partial charge is 0.396 e. The average molecular weight is 282 g/mol. The number of amides is 1. The van der Waals surface area contributed by atoms with Crippen LogP contribution in [-0.4, -0.2) is 28.4 Å². The molecule has 1 heterocycles. The molecule has 4 nitrogen and oxygen atoms in total. The zero-order valence-corrected chi connectivity index (χ0v) is 12.4. The lowest BCUT2D eigenvalue weighted by molar-refractivity contribution is -0.119. The van der Waals surface area contributed by atoms with E-state index in [4.69, 9.17) is 5.11 Å². The van der Waals surface area contributed by atoms with Gasteiger partial charge in [-0.15, -0.1) is 11.8 Å². The van der Waals surface area contributed by atoms with E-state index in [1.165, 1.54) is 0 Å². The highest BCUT2D eigenvalue weighted by molar-refractivity contribution is 7.99. The van der Waals surface area contributed by atoms with Crippen molar-refractivity contribution in [2.24, 2.45) is 5.92 Å². The number of aromatic nitrogens is 1. The van der Waals surface area contributed by atoms with Gasteiger partial charge in [-0.3, -0.25) is 9.78 Å². The Bertz CT molecular complexity index is 399.